The predicted molar refractivity (Wildman–Crippen MR) is 64.4 cm³/mol. The van der Waals surface area contributed by atoms with Crippen molar-refractivity contribution in [2.45, 2.75) is 18.6 Å². The Morgan fingerprint density at radius 1 is 1.00 bits per heavy atom. The molecule has 0 saturated heterocycles. The molecule has 2 atom stereocenters. The Hall–Kier alpha value is -1.75. The summed E-state index contributed by atoms with van der Waals surface area (Å²) in [5.74, 6) is 1.95. The van der Waals surface area contributed by atoms with Gasteiger partial charge in [-0.25, -0.2) is 0 Å². The van der Waals surface area contributed by atoms with Gasteiger partial charge in [0.05, 0.1) is 14.2 Å². The zero-order valence-electron chi connectivity index (χ0n) is 10.6. The maximum Gasteiger partial charge on any atom is 0.169 e. The van der Waals surface area contributed by atoms with E-state index in [1.54, 1.807) is 32.4 Å². The molecule has 18 heavy (non-hydrogen) atoms. The Labute approximate surface area is 106 Å². The molecule has 1 aliphatic carbocycles. The second-order valence-electron chi connectivity index (χ2n) is 4.03. The molecule has 2 unspecified atom stereocenters. The molecule has 1 aromatic rings. The first-order valence-corrected chi connectivity index (χ1v) is 5.63. The van der Waals surface area contributed by atoms with Crippen LogP contribution in [0.25, 0.3) is 0 Å². The van der Waals surface area contributed by atoms with Crippen molar-refractivity contribution in [1.82, 2.24) is 0 Å². The van der Waals surface area contributed by atoms with Gasteiger partial charge in [0.25, 0.3) is 0 Å². The van der Waals surface area contributed by atoms with Crippen molar-refractivity contribution in [2.24, 2.45) is 0 Å². The summed E-state index contributed by atoms with van der Waals surface area (Å²) in [6, 6.07) is 5.25. The van der Waals surface area contributed by atoms with Crippen molar-refractivity contribution in [3.8, 4) is 17.2 Å². The number of hydrogen-bond donors (Lipinski definition) is 0. The minimum absolute atomic E-state index is 0.0670. The monoisotopic (exact) mass is 252 g/mol. The van der Waals surface area contributed by atoms with E-state index < -0.39 is 6.10 Å². The van der Waals surface area contributed by atoms with Crippen LogP contribution in [0.2, 0.25) is 0 Å². The molecule has 1 aliphatic rings. The number of carbonyl (C=O) groups excluding carboxylic acids is 1. The zero-order chi connectivity index (χ0) is 13.1. The molecule has 0 N–H and O–H groups in total. The molecule has 0 amide bonds. The Balaban J connectivity index is 2.11. The number of methoxy groups -OCH3 is 3. The van der Waals surface area contributed by atoms with Crippen molar-refractivity contribution in [1.29, 1.82) is 0 Å². The summed E-state index contributed by atoms with van der Waals surface area (Å²) >= 11 is 0. The third-order valence-electron chi connectivity index (χ3n) is 2.92. The van der Waals surface area contributed by atoms with E-state index in [2.05, 4.69) is 0 Å². The SMILES string of the molecule is COc1cc(OC)cc(OC2CC(=O)C2OC)c1. The van der Waals surface area contributed by atoms with Crippen LogP contribution in [0.3, 0.4) is 0 Å². The Morgan fingerprint density at radius 3 is 2.00 bits per heavy atom. The summed E-state index contributed by atoms with van der Waals surface area (Å²) in [6.07, 6.45) is -0.334. The number of Topliss-reactive ketones (excluding diaryl/α,β-unsaturated/α-hetero) is 1. The minimum Gasteiger partial charge on any atom is -0.496 e. The van der Waals surface area contributed by atoms with Crippen LogP contribution in [0, 0.1) is 0 Å². The first-order chi connectivity index (χ1) is 8.67. The van der Waals surface area contributed by atoms with Gasteiger partial charge in [-0.3, -0.25) is 4.79 Å². The van der Waals surface area contributed by atoms with Crippen LogP contribution in [0.5, 0.6) is 17.2 Å². The van der Waals surface area contributed by atoms with Crippen LogP contribution in [0.1, 0.15) is 6.42 Å². The second-order valence-corrected chi connectivity index (χ2v) is 4.03. The van der Waals surface area contributed by atoms with Crippen molar-refractivity contribution < 1.29 is 23.7 Å². The van der Waals surface area contributed by atoms with Crippen molar-refractivity contribution in [3.63, 3.8) is 0 Å². The fourth-order valence-corrected chi connectivity index (χ4v) is 1.88. The summed E-state index contributed by atoms with van der Waals surface area (Å²) in [7, 11) is 4.65. The van der Waals surface area contributed by atoms with Crippen LogP contribution < -0.4 is 14.2 Å². The molecular weight excluding hydrogens is 236 g/mol. The normalized spacial score (nSPS) is 22.3. The highest BCUT2D eigenvalue weighted by Gasteiger charge is 2.42. The molecule has 0 heterocycles. The van der Waals surface area contributed by atoms with E-state index in [1.165, 1.54) is 7.11 Å². The zero-order valence-corrected chi connectivity index (χ0v) is 10.6. The van der Waals surface area contributed by atoms with Crippen LogP contribution in [0.4, 0.5) is 0 Å². The highest BCUT2D eigenvalue weighted by molar-refractivity contribution is 5.90. The average molecular weight is 252 g/mol. The number of ketones is 1. The fourth-order valence-electron chi connectivity index (χ4n) is 1.88. The lowest BCUT2D eigenvalue weighted by molar-refractivity contribution is -0.150. The van der Waals surface area contributed by atoms with E-state index in [4.69, 9.17) is 18.9 Å². The summed E-state index contributed by atoms with van der Waals surface area (Å²) in [6.45, 7) is 0. The Kier molecular flexibility index (Phi) is 3.72. The Bertz CT molecular complexity index is 421. The maximum atomic E-state index is 11.3. The minimum atomic E-state index is -0.470. The molecule has 5 heteroatoms. The molecule has 1 aromatic carbocycles. The van der Waals surface area contributed by atoms with E-state index in [-0.39, 0.29) is 11.9 Å². The van der Waals surface area contributed by atoms with Gasteiger partial charge < -0.3 is 18.9 Å². The van der Waals surface area contributed by atoms with Gasteiger partial charge in [0.1, 0.15) is 23.4 Å². The van der Waals surface area contributed by atoms with Crippen molar-refractivity contribution >= 4 is 5.78 Å². The molecule has 2 rings (SSSR count). The molecule has 5 nitrogen and oxygen atoms in total. The number of hydrogen-bond acceptors (Lipinski definition) is 5. The number of rotatable bonds is 5. The van der Waals surface area contributed by atoms with Crippen molar-refractivity contribution in [2.75, 3.05) is 21.3 Å². The number of benzene rings is 1. The van der Waals surface area contributed by atoms with Gasteiger partial charge >= 0.3 is 0 Å². The highest BCUT2D eigenvalue weighted by Crippen LogP contribution is 2.31. The number of carbonyl (C=O) groups is 1. The quantitative estimate of drug-likeness (QED) is 0.793. The van der Waals surface area contributed by atoms with Gasteiger partial charge in [-0.1, -0.05) is 0 Å². The summed E-state index contributed by atoms with van der Waals surface area (Å²) in [5, 5.41) is 0. The molecule has 1 saturated carbocycles. The predicted octanol–water partition coefficient (Wildman–Crippen LogP) is 1.44. The van der Waals surface area contributed by atoms with Crippen molar-refractivity contribution in [3.05, 3.63) is 18.2 Å². The lowest BCUT2D eigenvalue weighted by atomic mass is 9.90. The van der Waals surface area contributed by atoms with E-state index >= 15 is 0 Å². The summed E-state index contributed by atoms with van der Waals surface area (Å²) in [5.41, 5.74) is 0. The number of ether oxygens (including phenoxy) is 4. The fraction of sp³-hybridized carbons (Fsp3) is 0.462. The van der Waals surface area contributed by atoms with E-state index in [0.717, 1.165) is 0 Å². The molecule has 1 fully saturated rings. The topological polar surface area (TPSA) is 54.0 Å². The van der Waals surface area contributed by atoms with Gasteiger partial charge in [0, 0.05) is 31.7 Å². The second kappa shape index (κ2) is 5.27. The lowest BCUT2D eigenvalue weighted by Gasteiger charge is -2.33. The first kappa shape index (κ1) is 12.7. The first-order valence-electron chi connectivity index (χ1n) is 5.63. The van der Waals surface area contributed by atoms with E-state index in [1.807, 2.05) is 0 Å². The van der Waals surface area contributed by atoms with Crippen LogP contribution >= 0.6 is 0 Å². The molecule has 0 bridgehead atoms. The average Bonchev–Trinajstić information content (AvgIpc) is 2.38. The molecule has 0 radical (unpaired) electrons. The lowest BCUT2D eigenvalue weighted by Crippen LogP contribution is -2.51. The van der Waals surface area contributed by atoms with Gasteiger partial charge in [-0.2, -0.15) is 0 Å². The van der Waals surface area contributed by atoms with Gasteiger partial charge in [-0.05, 0) is 0 Å². The van der Waals surface area contributed by atoms with Gasteiger partial charge in [0.15, 0.2) is 11.9 Å². The maximum absolute atomic E-state index is 11.3. The third kappa shape index (κ3) is 2.41. The standard InChI is InChI=1S/C13H16O5/c1-15-8-4-9(16-2)6-10(5-8)18-12-7-11(14)13(12)17-3/h4-6,12-13H,7H2,1-3H3. The van der Waals surface area contributed by atoms with Crippen LogP contribution in [0.15, 0.2) is 18.2 Å². The van der Waals surface area contributed by atoms with E-state index in [0.29, 0.717) is 23.7 Å². The third-order valence-corrected chi connectivity index (χ3v) is 2.92. The van der Waals surface area contributed by atoms with Gasteiger partial charge in [-0.15, -0.1) is 0 Å². The van der Waals surface area contributed by atoms with Gasteiger partial charge in [0.2, 0.25) is 0 Å². The summed E-state index contributed by atoms with van der Waals surface area (Å²) in [4.78, 5) is 11.3. The summed E-state index contributed by atoms with van der Waals surface area (Å²) < 4.78 is 21.1. The molecule has 0 spiro atoms. The molecule has 98 valence electrons. The Morgan fingerprint density at radius 2 is 1.56 bits per heavy atom. The van der Waals surface area contributed by atoms with E-state index in [9.17, 15) is 4.79 Å². The van der Waals surface area contributed by atoms with Crippen LogP contribution in [-0.4, -0.2) is 39.3 Å². The highest BCUT2D eigenvalue weighted by atomic mass is 16.5. The molecule has 0 aliphatic heterocycles. The smallest absolute Gasteiger partial charge is 0.169 e. The largest absolute Gasteiger partial charge is 0.496 e. The van der Waals surface area contributed by atoms with Crippen LogP contribution in [-0.2, 0) is 9.53 Å². The molecule has 0 aromatic heterocycles. The molecular formula is C13H16O5.